The maximum absolute atomic E-state index is 6.30. The van der Waals surface area contributed by atoms with Gasteiger partial charge in [-0.1, -0.05) is 24.3 Å². The Morgan fingerprint density at radius 2 is 1.87 bits per heavy atom. The van der Waals surface area contributed by atoms with Crippen LogP contribution in [0.3, 0.4) is 0 Å². The van der Waals surface area contributed by atoms with Crippen molar-refractivity contribution in [3.63, 3.8) is 0 Å². The fourth-order valence-corrected chi connectivity index (χ4v) is 2.29. The van der Waals surface area contributed by atoms with Crippen LogP contribution in [0.1, 0.15) is 25.0 Å². The minimum Gasteiger partial charge on any atom is -0.379 e. The van der Waals surface area contributed by atoms with Gasteiger partial charge in [-0.25, -0.2) is 0 Å². The van der Waals surface area contributed by atoms with Crippen LogP contribution in [0.5, 0.6) is 0 Å². The predicted octanol–water partition coefficient (Wildman–Crippen LogP) is 2.00. The second-order valence-corrected chi connectivity index (χ2v) is 5.11. The van der Waals surface area contributed by atoms with E-state index in [0.717, 1.165) is 13.2 Å². The number of hydrogen-bond acceptors (Lipinski definition) is 2. The highest BCUT2D eigenvalue weighted by Gasteiger charge is 2.50. The molecule has 1 heterocycles. The van der Waals surface area contributed by atoms with Crippen LogP contribution in [-0.2, 0) is 10.2 Å². The van der Waals surface area contributed by atoms with Crippen LogP contribution < -0.4 is 5.73 Å². The van der Waals surface area contributed by atoms with Crippen molar-refractivity contribution in [2.24, 2.45) is 5.73 Å². The fraction of sp³-hybridized carbons (Fsp3) is 0.538. The average Bonchev–Trinajstić information content (AvgIpc) is 2.03. The number of hydrogen-bond donors (Lipinski definition) is 1. The molecule has 2 rings (SSSR count). The molecule has 0 atom stereocenters. The molecule has 82 valence electrons. The fourth-order valence-electron chi connectivity index (χ4n) is 2.29. The quantitative estimate of drug-likeness (QED) is 0.801. The standard InChI is InChI=1S/C13H19NO/c1-10-6-4-5-7-11(10)13(8-15-9-13)12(2,3)14/h4-7H,8-9,14H2,1-3H3. The van der Waals surface area contributed by atoms with Gasteiger partial charge in [0.1, 0.15) is 0 Å². The molecule has 2 nitrogen and oxygen atoms in total. The van der Waals surface area contributed by atoms with Gasteiger partial charge in [0.15, 0.2) is 0 Å². The largest absolute Gasteiger partial charge is 0.379 e. The summed E-state index contributed by atoms with van der Waals surface area (Å²) in [6.45, 7) is 7.79. The van der Waals surface area contributed by atoms with E-state index in [1.165, 1.54) is 11.1 Å². The molecule has 2 heteroatoms. The first-order chi connectivity index (χ1) is 6.97. The van der Waals surface area contributed by atoms with Crippen molar-refractivity contribution >= 4 is 0 Å². The predicted molar refractivity (Wildman–Crippen MR) is 61.9 cm³/mol. The number of nitrogens with two attached hydrogens (primary N) is 1. The van der Waals surface area contributed by atoms with Crippen molar-refractivity contribution in [3.05, 3.63) is 35.4 Å². The third-order valence-corrected chi connectivity index (χ3v) is 3.59. The van der Waals surface area contributed by atoms with E-state index < -0.39 is 0 Å². The molecule has 1 saturated heterocycles. The molecule has 0 amide bonds. The van der Waals surface area contributed by atoms with E-state index in [1.807, 2.05) is 0 Å². The number of rotatable bonds is 2. The molecule has 0 radical (unpaired) electrons. The molecule has 0 spiro atoms. The second kappa shape index (κ2) is 3.32. The zero-order valence-corrected chi connectivity index (χ0v) is 9.71. The van der Waals surface area contributed by atoms with Gasteiger partial charge in [0.05, 0.1) is 18.6 Å². The summed E-state index contributed by atoms with van der Waals surface area (Å²) in [7, 11) is 0. The molecular weight excluding hydrogens is 186 g/mol. The van der Waals surface area contributed by atoms with Crippen molar-refractivity contribution in [3.8, 4) is 0 Å². The van der Waals surface area contributed by atoms with E-state index in [9.17, 15) is 0 Å². The average molecular weight is 205 g/mol. The van der Waals surface area contributed by atoms with Crippen molar-refractivity contribution in [1.29, 1.82) is 0 Å². The molecule has 1 aromatic carbocycles. The number of aryl methyl sites for hydroxylation is 1. The Bertz CT molecular complexity index is 361. The maximum atomic E-state index is 6.30. The first-order valence-electron chi connectivity index (χ1n) is 5.40. The van der Waals surface area contributed by atoms with Crippen LogP contribution in [-0.4, -0.2) is 18.8 Å². The molecule has 0 bridgehead atoms. The number of ether oxygens (including phenoxy) is 1. The lowest BCUT2D eigenvalue weighted by Gasteiger charge is -2.51. The second-order valence-electron chi connectivity index (χ2n) is 5.11. The molecule has 15 heavy (non-hydrogen) atoms. The summed E-state index contributed by atoms with van der Waals surface area (Å²) >= 11 is 0. The normalized spacial score (nSPS) is 19.7. The van der Waals surface area contributed by atoms with Crippen molar-refractivity contribution in [1.82, 2.24) is 0 Å². The highest BCUT2D eigenvalue weighted by Crippen LogP contribution is 2.41. The van der Waals surface area contributed by atoms with Crippen LogP contribution in [0, 0.1) is 6.92 Å². The minimum atomic E-state index is -0.239. The van der Waals surface area contributed by atoms with Crippen molar-refractivity contribution in [2.75, 3.05) is 13.2 Å². The maximum Gasteiger partial charge on any atom is 0.0603 e. The van der Waals surface area contributed by atoms with Gasteiger partial charge in [-0.15, -0.1) is 0 Å². The molecule has 0 unspecified atom stereocenters. The van der Waals surface area contributed by atoms with Gasteiger partial charge in [0.25, 0.3) is 0 Å². The summed E-state index contributed by atoms with van der Waals surface area (Å²) in [6, 6.07) is 8.46. The smallest absolute Gasteiger partial charge is 0.0603 e. The van der Waals surface area contributed by atoms with Gasteiger partial charge in [-0.3, -0.25) is 0 Å². The minimum absolute atomic E-state index is 0.00164. The summed E-state index contributed by atoms with van der Waals surface area (Å²) in [6.07, 6.45) is 0. The molecule has 1 fully saturated rings. The van der Waals surface area contributed by atoms with Gasteiger partial charge in [0.2, 0.25) is 0 Å². The van der Waals surface area contributed by atoms with Crippen LogP contribution in [0.4, 0.5) is 0 Å². The lowest BCUT2D eigenvalue weighted by Crippen LogP contribution is -2.65. The lowest BCUT2D eigenvalue weighted by molar-refractivity contribution is -0.0921. The highest BCUT2D eigenvalue weighted by molar-refractivity contribution is 5.38. The van der Waals surface area contributed by atoms with E-state index in [4.69, 9.17) is 10.5 Å². The summed E-state index contributed by atoms with van der Waals surface area (Å²) in [5, 5.41) is 0. The molecular formula is C13H19NO. The van der Waals surface area contributed by atoms with E-state index >= 15 is 0 Å². The van der Waals surface area contributed by atoms with E-state index in [2.05, 4.69) is 45.0 Å². The van der Waals surface area contributed by atoms with Crippen LogP contribution in [0.15, 0.2) is 24.3 Å². The molecule has 0 aliphatic carbocycles. The van der Waals surface area contributed by atoms with Gasteiger partial charge in [-0.05, 0) is 31.9 Å². The van der Waals surface area contributed by atoms with Gasteiger partial charge in [-0.2, -0.15) is 0 Å². The van der Waals surface area contributed by atoms with Gasteiger partial charge < -0.3 is 10.5 Å². The van der Waals surface area contributed by atoms with E-state index in [0.29, 0.717) is 0 Å². The zero-order valence-electron chi connectivity index (χ0n) is 9.71. The summed E-state index contributed by atoms with van der Waals surface area (Å²) in [5.41, 5.74) is 8.70. The van der Waals surface area contributed by atoms with Crippen molar-refractivity contribution in [2.45, 2.75) is 31.7 Å². The Morgan fingerprint density at radius 1 is 1.27 bits per heavy atom. The highest BCUT2D eigenvalue weighted by atomic mass is 16.5. The zero-order chi connectivity index (χ0) is 11.1. The van der Waals surface area contributed by atoms with Crippen LogP contribution in [0.2, 0.25) is 0 Å². The van der Waals surface area contributed by atoms with Crippen LogP contribution >= 0.6 is 0 Å². The van der Waals surface area contributed by atoms with Crippen molar-refractivity contribution < 1.29 is 4.74 Å². The number of benzene rings is 1. The summed E-state index contributed by atoms with van der Waals surface area (Å²) in [4.78, 5) is 0. The Kier molecular flexibility index (Phi) is 2.36. The summed E-state index contributed by atoms with van der Waals surface area (Å²) in [5.74, 6) is 0. The Labute approximate surface area is 91.4 Å². The molecule has 0 aromatic heterocycles. The molecule has 2 N–H and O–H groups in total. The summed E-state index contributed by atoms with van der Waals surface area (Å²) < 4.78 is 5.39. The third-order valence-electron chi connectivity index (χ3n) is 3.59. The Hall–Kier alpha value is -0.860. The lowest BCUT2D eigenvalue weighted by atomic mass is 9.64. The monoisotopic (exact) mass is 205 g/mol. The first kappa shape index (κ1) is 10.7. The van der Waals surface area contributed by atoms with Gasteiger partial charge >= 0.3 is 0 Å². The SMILES string of the molecule is Cc1ccccc1C1(C(C)(C)N)COC1. The van der Waals surface area contributed by atoms with Crippen LogP contribution in [0.25, 0.3) is 0 Å². The first-order valence-corrected chi connectivity index (χ1v) is 5.40. The molecule has 1 aliphatic rings. The molecule has 1 aliphatic heterocycles. The van der Waals surface area contributed by atoms with Gasteiger partial charge in [0, 0.05) is 5.54 Å². The molecule has 0 saturated carbocycles. The van der Waals surface area contributed by atoms with E-state index in [-0.39, 0.29) is 11.0 Å². The Morgan fingerprint density at radius 3 is 2.27 bits per heavy atom. The molecule has 1 aromatic rings. The Balaban J connectivity index is 2.48. The third kappa shape index (κ3) is 1.48. The van der Waals surface area contributed by atoms with E-state index in [1.54, 1.807) is 0 Å². The topological polar surface area (TPSA) is 35.2 Å².